The van der Waals surface area contributed by atoms with Crippen molar-refractivity contribution < 1.29 is 17.9 Å². The molecule has 2 aromatic carbocycles. The van der Waals surface area contributed by atoms with E-state index >= 15 is 0 Å². The maximum atomic E-state index is 12.7. The maximum absolute atomic E-state index is 12.7. The van der Waals surface area contributed by atoms with E-state index in [2.05, 4.69) is 0 Å². The summed E-state index contributed by atoms with van der Waals surface area (Å²) >= 11 is 6.65. The van der Waals surface area contributed by atoms with E-state index in [0.717, 1.165) is 16.7 Å². The molecule has 0 spiro atoms. The van der Waals surface area contributed by atoms with Crippen LogP contribution in [0.15, 0.2) is 57.6 Å². The summed E-state index contributed by atoms with van der Waals surface area (Å²) in [6, 6.07) is 11.3. The summed E-state index contributed by atoms with van der Waals surface area (Å²) in [6.07, 6.45) is 1.42. The molecule has 0 saturated carbocycles. The van der Waals surface area contributed by atoms with Gasteiger partial charge in [-0.25, -0.2) is 8.42 Å². The van der Waals surface area contributed by atoms with Gasteiger partial charge in [-0.15, -0.1) is 0 Å². The van der Waals surface area contributed by atoms with Crippen LogP contribution in [0.4, 0.5) is 0 Å². The van der Waals surface area contributed by atoms with Gasteiger partial charge in [0.05, 0.1) is 14.2 Å². The summed E-state index contributed by atoms with van der Waals surface area (Å²) in [5, 5.41) is 2.10. The monoisotopic (exact) mass is 422 g/mol. The van der Waals surface area contributed by atoms with Gasteiger partial charge in [0.2, 0.25) is 9.84 Å². The highest BCUT2D eigenvalue weighted by atomic mass is 35.5. The van der Waals surface area contributed by atoms with Gasteiger partial charge < -0.3 is 9.47 Å². The first kappa shape index (κ1) is 19.4. The van der Waals surface area contributed by atoms with Gasteiger partial charge >= 0.3 is 0 Å². The molecule has 0 amide bonds. The van der Waals surface area contributed by atoms with Gasteiger partial charge in [0.25, 0.3) is 4.74 Å². The van der Waals surface area contributed by atoms with Crippen LogP contribution in [0.2, 0.25) is 5.02 Å². The van der Waals surface area contributed by atoms with Crippen LogP contribution >= 0.6 is 22.9 Å². The molecule has 0 aliphatic carbocycles. The van der Waals surface area contributed by atoms with Gasteiger partial charge in [0.15, 0.2) is 0 Å². The van der Waals surface area contributed by atoms with Crippen molar-refractivity contribution >= 4 is 48.9 Å². The molecule has 0 aliphatic rings. The Bertz CT molecular complexity index is 1180. The van der Waals surface area contributed by atoms with Crippen molar-refractivity contribution in [2.24, 2.45) is 0 Å². The summed E-state index contributed by atoms with van der Waals surface area (Å²) in [5.74, 6) is 0.951. The van der Waals surface area contributed by atoms with Gasteiger partial charge in [0, 0.05) is 26.6 Å². The number of hydrogen-bond donors (Lipinski definition) is 0. The second-order valence-electron chi connectivity index (χ2n) is 5.54. The third kappa shape index (κ3) is 4.16. The first-order valence-corrected chi connectivity index (χ1v) is 10.5. The fourth-order valence-corrected chi connectivity index (χ4v) is 4.84. The van der Waals surface area contributed by atoms with Gasteiger partial charge in [-0.1, -0.05) is 35.1 Å². The third-order valence-corrected chi connectivity index (χ3v) is 6.58. The van der Waals surface area contributed by atoms with Crippen molar-refractivity contribution in [3.8, 4) is 11.5 Å². The van der Waals surface area contributed by atoms with Crippen LogP contribution < -0.4 is 14.2 Å². The molecule has 8 heteroatoms. The van der Waals surface area contributed by atoms with E-state index < -0.39 is 14.6 Å². The second-order valence-corrected chi connectivity index (χ2v) is 8.79. The fraction of sp³-hybridized carbons (Fsp3) is 0.105. The molecule has 0 fully saturated rings. The Balaban J connectivity index is 2.10. The molecule has 0 bridgehead atoms. The van der Waals surface area contributed by atoms with Gasteiger partial charge in [-0.05, 0) is 35.9 Å². The molecule has 3 aromatic rings. The molecule has 0 unspecified atom stereocenters. The average molecular weight is 423 g/mol. The van der Waals surface area contributed by atoms with Gasteiger partial charge in [-0.2, -0.15) is 0 Å². The van der Waals surface area contributed by atoms with Crippen LogP contribution in [0.25, 0.3) is 16.2 Å². The summed E-state index contributed by atoms with van der Waals surface area (Å²) in [6.45, 7) is 0. The normalized spacial score (nSPS) is 11.8. The molecule has 140 valence electrons. The quantitative estimate of drug-likeness (QED) is 0.610. The van der Waals surface area contributed by atoms with E-state index in [0.29, 0.717) is 32.2 Å². The molecule has 27 heavy (non-hydrogen) atoms. The van der Waals surface area contributed by atoms with Crippen LogP contribution in [0.3, 0.4) is 0 Å². The highest BCUT2D eigenvalue weighted by Crippen LogP contribution is 2.33. The zero-order chi connectivity index (χ0) is 19.6. The van der Waals surface area contributed by atoms with Crippen LogP contribution in [0.5, 0.6) is 11.5 Å². The molecule has 5 nitrogen and oxygen atoms in total. The van der Waals surface area contributed by atoms with Crippen molar-refractivity contribution in [1.29, 1.82) is 0 Å². The SMILES string of the molecule is COc1cc(OC)c2cc(S(=O)(=O)/C=C\c3ccc(Cl)cc3)c(=O)sc2c1. The minimum atomic E-state index is -3.93. The molecule has 0 aliphatic heterocycles. The van der Waals surface area contributed by atoms with E-state index in [1.165, 1.54) is 26.4 Å². The number of fused-ring (bicyclic) bond motifs is 1. The molecule has 0 saturated heterocycles. The lowest BCUT2D eigenvalue weighted by atomic mass is 10.2. The lowest BCUT2D eigenvalue weighted by molar-refractivity contribution is 0.398. The van der Waals surface area contributed by atoms with E-state index in [4.69, 9.17) is 21.1 Å². The predicted octanol–water partition coefficient (Wildman–Crippen LogP) is 4.38. The van der Waals surface area contributed by atoms with E-state index in [1.807, 2.05) is 0 Å². The molecule has 0 radical (unpaired) electrons. The first-order valence-electron chi connectivity index (χ1n) is 7.72. The van der Waals surface area contributed by atoms with Crippen LogP contribution in [0.1, 0.15) is 5.56 Å². The maximum Gasteiger partial charge on any atom is 0.251 e. The second kappa shape index (κ2) is 7.72. The standard InChI is InChI=1S/C19H15ClO5S2/c1-24-14-9-16(25-2)15-11-18(19(21)26-17(15)10-14)27(22,23)8-7-12-3-5-13(20)6-4-12/h3-11H,1-2H3/b8-7-. The molecule has 1 heterocycles. The zero-order valence-electron chi connectivity index (χ0n) is 14.4. The van der Waals surface area contributed by atoms with Crippen molar-refractivity contribution in [2.75, 3.05) is 14.2 Å². The largest absolute Gasteiger partial charge is 0.497 e. The Morgan fingerprint density at radius 3 is 2.37 bits per heavy atom. The average Bonchev–Trinajstić information content (AvgIpc) is 2.65. The number of rotatable bonds is 5. The van der Waals surface area contributed by atoms with Crippen LogP contribution in [-0.2, 0) is 9.84 Å². The van der Waals surface area contributed by atoms with Crippen molar-refractivity contribution in [3.63, 3.8) is 0 Å². The first-order chi connectivity index (χ1) is 12.8. The Morgan fingerprint density at radius 2 is 1.74 bits per heavy atom. The van der Waals surface area contributed by atoms with Gasteiger partial charge in [-0.3, -0.25) is 4.79 Å². The minimum Gasteiger partial charge on any atom is -0.497 e. The number of sulfone groups is 1. The summed E-state index contributed by atoms with van der Waals surface area (Å²) in [4.78, 5) is 12.1. The third-order valence-electron chi connectivity index (χ3n) is 3.83. The fourth-order valence-electron chi connectivity index (χ4n) is 2.44. The van der Waals surface area contributed by atoms with E-state index in [9.17, 15) is 13.2 Å². The zero-order valence-corrected chi connectivity index (χ0v) is 16.8. The Morgan fingerprint density at radius 1 is 1.04 bits per heavy atom. The summed E-state index contributed by atoms with van der Waals surface area (Å²) in [5.41, 5.74) is 0.655. The highest BCUT2D eigenvalue weighted by molar-refractivity contribution is 7.94. The number of ether oxygens (including phenoxy) is 2. The van der Waals surface area contributed by atoms with Crippen molar-refractivity contribution in [3.05, 3.63) is 68.0 Å². The molecule has 0 N–H and O–H groups in total. The number of methoxy groups -OCH3 is 2. The van der Waals surface area contributed by atoms with E-state index in [-0.39, 0.29) is 4.90 Å². The van der Waals surface area contributed by atoms with Crippen LogP contribution in [0, 0.1) is 0 Å². The topological polar surface area (TPSA) is 69.7 Å². The Kier molecular flexibility index (Phi) is 5.55. The lowest BCUT2D eigenvalue weighted by Crippen LogP contribution is -2.09. The lowest BCUT2D eigenvalue weighted by Gasteiger charge is -2.09. The molecule has 3 rings (SSSR count). The molecular weight excluding hydrogens is 408 g/mol. The molecular formula is C19H15ClO5S2. The highest BCUT2D eigenvalue weighted by Gasteiger charge is 2.19. The summed E-state index contributed by atoms with van der Waals surface area (Å²) in [7, 11) is -0.959. The summed E-state index contributed by atoms with van der Waals surface area (Å²) < 4.78 is 35.9. The number of halogens is 1. The Hall–Kier alpha value is -2.35. The number of hydrogen-bond acceptors (Lipinski definition) is 6. The van der Waals surface area contributed by atoms with Crippen molar-refractivity contribution in [2.45, 2.75) is 4.90 Å². The van der Waals surface area contributed by atoms with Crippen molar-refractivity contribution in [1.82, 2.24) is 0 Å². The predicted molar refractivity (Wildman–Crippen MR) is 109 cm³/mol. The van der Waals surface area contributed by atoms with E-state index in [1.54, 1.807) is 36.4 Å². The minimum absolute atomic E-state index is 0.298. The smallest absolute Gasteiger partial charge is 0.251 e. The van der Waals surface area contributed by atoms with Crippen LogP contribution in [-0.4, -0.2) is 22.6 Å². The van der Waals surface area contributed by atoms with Gasteiger partial charge in [0.1, 0.15) is 16.4 Å². The molecule has 1 aromatic heterocycles. The Labute approximate surface area is 165 Å². The molecule has 0 atom stereocenters. The number of benzene rings is 2.